The van der Waals surface area contributed by atoms with Crippen molar-refractivity contribution in [1.29, 1.82) is 0 Å². The maximum atomic E-state index is 11.1. The van der Waals surface area contributed by atoms with Crippen molar-refractivity contribution in [1.82, 2.24) is 0 Å². The maximum absolute atomic E-state index is 11.1. The smallest absolute Gasteiger partial charge is 0.229 e. The molecule has 0 unspecified atom stereocenters. The Morgan fingerprint density at radius 1 is 1.06 bits per heavy atom. The zero-order chi connectivity index (χ0) is 12.5. The number of benzene rings is 2. The van der Waals surface area contributed by atoms with Crippen LogP contribution in [0.1, 0.15) is 0 Å². The predicted octanol–water partition coefficient (Wildman–Crippen LogP) is 2.22. The number of hydrogen-bond acceptors (Lipinski definition) is 3. The molecule has 0 amide bonds. The Hall–Kier alpha value is -1.75. The second kappa shape index (κ2) is 4.25. The first kappa shape index (κ1) is 11.7. The van der Waals surface area contributed by atoms with E-state index in [4.69, 9.17) is 4.74 Å². The Morgan fingerprint density at radius 2 is 1.71 bits per heavy atom. The highest BCUT2D eigenvalue weighted by Crippen LogP contribution is 2.23. The third-order valence-corrected chi connectivity index (χ3v) is 2.96. The molecule has 0 saturated heterocycles. The lowest BCUT2D eigenvalue weighted by Gasteiger charge is -2.06. The zero-order valence-corrected chi connectivity index (χ0v) is 10.4. The third kappa shape index (κ3) is 2.88. The van der Waals surface area contributed by atoms with Gasteiger partial charge in [-0.3, -0.25) is 4.72 Å². The first-order valence-electron chi connectivity index (χ1n) is 5.03. The minimum atomic E-state index is -3.23. The van der Waals surface area contributed by atoms with E-state index in [2.05, 4.69) is 4.72 Å². The maximum Gasteiger partial charge on any atom is 0.229 e. The third-order valence-electron chi connectivity index (χ3n) is 2.35. The Morgan fingerprint density at radius 3 is 2.35 bits per heavy atom. The molecule has 0 heterocycles. The summed E-state index contributed by atoms with van der Waals surface area (Å²) in [4.78, 5) is 0. The Kier molecular flexibility index (Phi) is 2.93. The molecule has 0 aliphatic carbocycles. The Bertz CT molecular complexity index is 650. The molecule has 2 rings (SSSR count). The number of ether oxygens (including phenoxy) is 1. The van der Waals surface area contributed by atoms with Gasteiger partial charge in [0.2, 0.25) is 10.0 Å². The molecule has 4 nitrogen and oxygen atoms in total. The molecule has 1 N–H and O–H groups in total. The molecule has 0 atom stereocenters. The fourth-order valence-corrected chi connectivity index (χ4v) is 2.18. The van der Waals surface area contributed by atoms with Crippen molar-refractivity contribution >= 4 is 26.5 Å². The van der Waals surface area contributed by atoms with Gasteiger partial charge in [-0.25, -0.2) is 8.42 Å². The number of methoxy groups -OCH3 is 1. The fourth-order valence-electron chi connectivity index (χ4n) is 1.63. The summed E-state index contributed by atoms with van der Waals surface area (Å²) in [7, 11) is -1.62. The predicted molar refractivity (Wildman–Crippen MR) is 69.0 cm³/mol. The number of hydrogen-bond donors (Lipinski definition) is 1. The van der Waals surface area contributed by atoms with Gasteiger partial charge in [0.1, 0.15) is 5.75 Å². The molecular weight excluding hydrogens is 238 g/mol. The Balaban J connectivity index is 2.45. The first-order chi connectivity index (χ1) is 7.98. The van der Waals surface area contributed by atoms with Gasteiger partial charge in [0.15, 0.2) is 0 Å². The van der Waals surface area contributed by atoms with Gasteiger partial charge in [-0.05, 0) is 35.0 Å². The summed E-state index contributed by atoms with van der Waals surface area (Å²) in [6.45, 7) is 0. The molecule has 0 saturated carbocycles. The molecule has 0 spiro atoms. The summed E-state index contributed by atoms with van der Waals surface area (Å²) in [6, 6.07) is 11.0. The van der Waals surface area contributed by atoms with E-state index in [9.17, 15) is 8.42 Å². The average Bonchev–Trinajstić information content (AvgIpc) is 2.26. The minimum Gasteiger partial charge on any atom is -0.497 e. The van der Waals surface area contributed by atoms with Gasteiger partial charge in [0, 0.05) is 5.69 Å². The second-order valence-electron chi connectivity index (χ2n) is 3.80. The minimum absolute atomic E-state index is 0.560. The van der Waals surface area contributed by atoms with E-state index >= 15 is 0 Å². The van der Waals surface area contributed by atoms with Gasteiger partial charge in [0.25, 0.3) is 0 Å². The number of anilines is 1. The van der Waals surface area contributed by atoms with Gasteiger partial charge in [0.05, 0.1) is 13.4 Å². The van der Waals surface area contributed by atoms with Crippen molar-refractivity contribution in [2.24, 2.45) is 0 Å². The number of nitrogens with one attached hydrogen (secondary N) is 1. The molecule has 0 aliphatic rings. The molecule has 0 bridgehead atoms. The van der Waals surface area contributed by atoms with E-state index in [1.165, 1.54) is 0 Å². The summed E-state index contributed by atoms with van der Waals surface area (Å²) < 4.78 is 29.8. The summed E-state index contributed by atoms with van der Waals surface area (Å²) in [5.41, 5.74) is 0.560. The number of fused-ring (bicyclic) bond motifs is 1. The van der Waals surface area contributed by atoms with E-state index in [0.29, 0.717) is 5.69 Å². The van der Waals surface area contributed by atoms with E-state index in [1.807, 2.05) is 24.3 Å². The highest BCUT2D eigenvalue weighted by Gasteiger charge is 2.03. The quantitative estimate of drug-likeness (QED) is 0.910. The standard InChI is InChI=1S/C12H13NO3S/c1-16-12-6-4-9-7-11(13-17(2,14)15)5-3-10(9)8-12/h3-8,13H,1-2H3. The summed E-state index contributed by atoms with van der Waals surface area (Å²) >= 11 is 0. The van der Waals surface area contributed by atoms with Crippen LogP contribution in [0, 0.1) is 0 Å². The lowest BCUT2D eigenvalue weighted by molar-refractivity contribution is 0.415. The number of rotatable bonds is 3. The fraction of sp³-hybridized carbons (Fsp3) is 0.167. The van der Waals surface area contributed by atoms with Gasteiger partial charge in [-0.15, -0.1) is 0 Å². The highest BCUT2D eigenvalue weighted by atomic mass is 32.2. The number of sulfonamides is 1. The van der Waals surface area contributed by atoms with E-state index in [0.717, 1.165) is 22.8 Å². The van der Waals surface area contributed by atoms with Gasteiger partial charge in [-0.2, -0.15) is 0 Å². The Labute approximate surface area is 100 Å². The van der Waals surface area contributed by atoms with Crippen LogP contribution in [-0.4, -0.2) is 21.8 Å². The first-order valence-corrected chi connectivity index (χ1v) is 6.93. The van der Waals surface area contributed by atoms with Crippen LogP contribution in [0.15, 0.2) is 36.4 Å². The topological polar surface area (TPSA) is 55.4 Å². The van der Waals surface area contributed by atoms with Crippen LogP contribution >= 0.6 is 0 Å². The van der Waals surface area contributed by atoms with Crippen LogP contribution in [0.3, 0.4) is 0 Å². The largest absolute Gasteiger partial charge is 0.497 e. The van der Waals surface area contributed by atoms with Crippen LogP contribution in [0.5, 0.6) is 5.75 Å². The molecule has 90 valence electrons. The summed E-state index contributed by atoms with van der Waals surface area (Å²) in [6.07, 6.45) is 1.13. The van der Waals surface area contributed by atoms with Crippen LogP contribution < -0.4 is 9.46 Å². The van der Waals surface area contributed by atoms with Crippen molar-refractivity contribution in [2.75, 3.05) is 18.1 Å². The van der Waals surface area contributed by atoms with Crippen molar-refractivity contribution in [2.45, 2.75) is 0 Å². The monoisotopic (exact) mass is 251 g/mol. The SMILES string of the molecule is COc1ccc2cc(NS(C)(=O)=O)ccc2c1. The summed E-state index contributed by atoms with van der Waals surface area (Å²) in [5.74, 6) is 0.779. The average molecular weight is 251 g/mol. The van der Waals surface area contributed by atoms with E-state index in [-0.39, 0.29) is 0 Å². The molecule has 0 fully saturated rings. The molecule has 2 aromatic rings. The van der Waals surface area contributed by atoms with Crippen LogP contribution in [-0.2, 0) is 10.0 Å². The van der Waals surface area contributed by atoms with Crippen molar-refractivity contribution in [3.8, 4) is 5.75 Å². The van der Waals surface area contributed by atoms with Crippen molar-refractivity contribution in [3.05, 3.63) is 36.4 Å². The molecule has 2 aromatic carbocycles. The lowest BCUT2D eigenvalue weighted by atomic mass is 10.1. The van der Waals surface area contributed by atoms with E-state index in [1.54, 1.807) is 19.2 Å². The van der Waals surface area contributed by atoms with Crippen LogP contribution in [0.25, 0.3) is 10.8 Å². The van der Waals surface area contributed by atoms with Crippen molar-refractivity contribution in [3.63, 3.8) is 0 Å². The molecule has 0 radical (unpaired) electrons. The van der Waals surface area contributed by atoms with Crippen LogP contribution in [0.2, 0.25) is 0 Å². The zero-order valence-electron chi connectivity index (χ0n) is 9.60. The van der Waals surface area contributed by atoms with Crippen LogP contribution in [0.4, 0.5) is 5.69 Å². The molecule has 0 aromatic heterocycles. The second-order valence-corrected chi connectivity index (χ2v) is 5.55. The molecule has 17 heavy (non-hydrogen) atoms. The highest BCUT2D eigenvalue weighted by molar-refractivity contribution is 7.92. The molecular formula is C12H13NO3S. The van der Waals surface area contributed by atoms with Gasteiger partial charge in [-0.1, -0.05) is 12.1 Å². The normalized spacial score (nSPS) is 11.4. The van der Waals surface area contributed by atoms with Crippen molar-refractivity contribution < 1.29 is 13.2 Å². The summed E-state index contributed by atoms with van der Waals surface area (Å²) in [5, 5.41) is 1.96. The van der Waals surface area contributed by atoms with E-state index < -0.39 is 10.0 Å². The molecule has 5 heteroatoms. The molecule has 0 aliphatic heterocycles. The lowest BCUT2D eigenvalue weighted by Crippen LogP contribution is -2.09. The van der Waals surface area contributed by atoms with Gasteiger partial charge >= 0.3 is 0 Å². The van der Waals surface area contributed by atoms with Gasteiger partial charge < -0.3 is 4.74 Å².